The molecule has 2 heterocycles. The van der Waals surface area contributed by atoms with Crippen molar-refractivity contribution in [1.29, 1.82) is 0 Å². The molecule has 0 fully saturated rings. The van der Waals surface area contributed by atoms with Crippen LogP contribution in [0, 0.1) is 6.92 Å². The number of H-pyrrole nitrogens is 1. The lowest BCUT2D eigenvalue weighted by molar-refractivity contribution is 0.101. The lowest BCUT2D eigenvalue weighted by Gasteiger charge is -2.12. The summed E-state index contributed by atoms with van der Waals surface area (Å²) in [6.07, 6.45) is 0. The van der Waals surface area contributed by atoms with Gasteiger partial charge in [-0.25, -0.2) is 4.98 Å². The van der Waals surface area contributed by atoms with E-state index in [1.165, 1.54) is 0 Å². The van der Waals surface area contributed by atoms with Crippen molar-refractivity contribution in [1.82, 2.24) is 25.0 Å². The summed E-state index contributed by atoms with van der Waals surface area (Å²) in [6.45, 7) is 7.86. The number of aryl methyl sites for hydroxylation is 2. The third-order valence-electron chi connectivity index (χ3n) is 2.64. The van der Waals surface area contributed by atoms with E-state index in [0.29, 0.717) is 11.6 Å². The Morgan fingerprint density at radius 1 is 1.42 bits per heavy atom. The fraction of sp³-hybridized carbons (Fsp3) is 0.500. The smallest absolute Gasteiger partial charge is 0.296 e. The Balaban J connectivity index is 2.17. The Morgan fingerprint density at radius 2 is 2.11 bits per heavy atom. The molecule has 1 amide bonds. The summed E-state index contributed by atoms with van der Waals surface area (Å²) in [5, 5.41) is 13.6. The lowest BCUT2D eigenvalue weighted by Crippen LogP contribution is -2.17. The van der Waals surface area contributed by atoms with Gasteiger partial charge in [0.1, 0.15) is 11.6 Å². The highest BCUT2D eigenvalue weighted by Crippen LogP contribution is 2.17. The Bertz CT molecular complexity index is 604. The molecule has 0 aliphatic carbocycles. The van der Waals surface area contributed by atoms with Gasteiger partial charge in [-0.3, -0.25) is 14.6 Å². The normalized spacial score (nSPS) is 11.6. The number of amides is 1. The fourth-order valence-corrected chi connectivity index (χ4v) is 1.60. The van der Waals surface area contributed by atoms with Crippen LogP contribution in [0.1, 0.15) is 42.9 Å². The molecule has 7 heteroatoms. The maximum atomic E-state index is 12.0. The fourth-order valence-electron chi connectivity index (χ4n) is 1.60. The lowest BCUT2D eigenvalue weighted by atomic mass is 9.96. The van der Waals surface area contributed by atoms with Crippen molar-refractivity contribution >= 4 is 11.7 Å². The van der Waals surface area contributed by atoms with Crippen molar-refractivity contribution in [2.45, 2.75) is 33.1 Å². The van der Waals surface area contributed by atoms with Crippen LogP contribution in [0.2, 0.25) is 0 Å². The summed E-state index contributed by atoms with van der Waals surface area (Å²) < 4.78 is 1.60. The molecule has 0 spiro atoms. The van der Waals surface area contributed by atoms with Crippen molar-refractivity contribution in [3.8, 4) is 0 Å². The van der Waals surface area contributed by atoms with Gasteiger partial charge in [-0.05, 0) is 6.92 Å². The molecular formula is C12H18N6O. The van der Waals surface area contributed by atoms with Crippen LogP contribution in [0.25, 0.3) is 0 Å². The van der Waals surface area contributed by atoms with Crippen molar-refractivity contribution in [3.63, 3.8) is 0 Å². The topological polar surface area (TPSA) is 88.5 Å². The number of aromatic nitrogens is 5. The van der Waals surface area contributed by atoms with Gasteiger partial charge in [0.05, 0.1) is 5.69 Å². The molecule has 7 nitrogen and oxygen atoms in total. The van der Waals surface area contributed by atoms with E-state index in [1.54, 1.807) is 17.8 Å². The SMILES string of the molecule is Cc1cc(NC(=O)c2n[nH]c(C(C)(C)C)n2)n(C)n1. The van der Waals surface area contributed by atoms with Crippen molar-refractivity contribution in [2.75, 3.05) is 5.32 Å². The van der Waals surface area contributed by atoms with E-state index < -0.39 is 0 Å². The van der Waals surface area contributed by atoms with Gasteiger partial charge in [-0.2, -0.15) is 5.10 Å². The van der Waals surface area contributed by atoms with Gasteiger partial charge in [0.15, 0.2) is 0 Å². The summed E-state index contributed by atoms with van der Waals surface area (Å²) in [5.74, 6) is 1.07. The second kappa shape index (κ2) is 4.49. The number of carbonyl (C=O) groups is 1. The minimum atomic E-state index is -0.352. The van der Waals surface area contributed by atoms with E-state index in [1.807, 2.05) is 27.7 Å². The third-order valence-corrected chi connectivity index (χ3v) is 2.64. The molecule has 0 saturated heterocycles. The summed E-state index contributed by atoms with van der Waals surface area (Å²) in [6, 6.07) is 1.79. The first-order valence-electron chi connectivity index (χ1n) is 6.02. The Hall–Kier alpha value is -2.18. The Labute approximate surface area is 111 Å². The zero-order valence-corrected chi connectivity index (χ0v) is 11.8. The van der Waals surface area contributed by atoms with Gasteiger partial charge in [-0.15, -0.1) is 5.10 Å². The van der Waals surface area contributed by atoms with Crippen LogP contribution in [0.15, 0.2) is 6.07 Å². The number of nitrogens with one attached hydrogen (secondary N) is 2. The molecule has 0 radical (unpaired) electrons. The number of aromatic amines is 1. The maximum absolute atomic E-state index is 12.0. The Morgan fingerprint density at radius 3 is 2.58 bits per heavy atom. The van der Waals surface area contributed by atoms with E-state index >= 15 is 0 Å². The first kappa shape index (κ1) is 13.3. The minimum absolute atomic E-state index is 0.128. The van der Waals surface area contributed by atoms with Crippen molar-refractivity contribution in [2.24, 2.45) is 7.05 Å². The standard InChI is InChI=1S/C12H18N6O/c1-7-6-8(18(5)17-7)13-10(19)9-14-11(16-15-9)12(2,3)4/h6H,1-5H3,(H,13,19)(H,14,15,16). The second-order valence-electron chi connectivity index (χ2n) is 5.51. The van der Waals surface area contributed by atoms with Crippen LogP contribution in [-0.2, 0) is 12.5 Å². The van der Waals surface area contributed by atoms with Crippen LogP contribution < -0.4 is 5.32 Å². The van der Waals surface area contributed by atoms with Crippen molar-refractivity contribution < 1.29 is 4.79 Å². The van der Waals surface area contributed by atoms with Gasteiger partial charge in [0.2, 0.25) is 5.82 Å². The monoisotopic (exact) mass is 262 g/mol. The van der Waals surface area contributed by atoms with Crippen LogP contribution in [-0.4, -0.2) is 30.9 Å². The highest BCUT2D eigenvalue weighted by molar-refractivity contribution is 6.00. The average Bonchev–Trinajstić information content (AvgIpc) is 2.85. The molecule has 19 heavy (non-hydrogen) atoms. The highest BCUT2D eigenvalue weighted by atomic mass is 16.2. The van der Waals surface area contributed by atoms with Crippen molar-refractivity contribution in [3.05, 3.63) is 23.4 Å². The van der Waals surface area contributed by atoms with Gasteiger partial charge < -0.3 is 5.32 Å². The van der Waals surface area contributed by atoms with Crippen LogP contribution in [0.4, 0.5) is 5.82 Å². The predicted octanol–water partition coefficient (Wildman–Crippen LogP) is 1.40. The number of rotatable bonds is 2. The molecular weight excluding hydrogens is 244 g/mol. The van der Waals surface area contributed by atoms with Crippen LogP contribution in [0.5, 0.6) is 0 Å². The zero-order chi connectivity index (χ0) is 14.2. The van der Waals surface area contributed by atoms with Gasteiger partial charge in [0.25, 0.3) is 5.91 Å². The molecule has 0 saturated carbocycles. The summed E-state index contributed by atoms with van der Waals surface area (Å²) in [5.41, 5.74) is 0.664. The third kappa shape index (κ3) is 2.81. The number of hydrogen-bond donors (Lipinski definition) is 2. The highest BCUT2D eigenvalue weighted by Gasteiger charge is 2.21. The van der Waals surface area contributed by atoms with E-state index in [-0.39, 0.29) is 17.1 Å². The summed E-state index contributed by atoms with van der Waals surface area (Å²) in [7, 11) is 1.77. The first-order chi connectivity index (χ1) is 8.77. The molecule has 0 aliphatic rings. The molecule has 2 N–H and O–H groups in total. The number of hydrogen-bond acceptors (Lipinski definition) is 4. The predicted molar refractivity (Wildman–Crippen MR) is 71.0 cm³/mol. The number of anilines is 1. The zero-order valence-electron chi connectivity index (χ0n) is 11.8. The maximum Gasteiger partial charge on any atom is 0.296 e. The van der Waals surface area contributed by atoms with E-state index in [2.05, 4.69) is 25.6 Å². The molecule has 0 aliphatic heterocycles. The first-order valence-corrected chi connectivity index (χ1v) is 6.02. The second-order valence-corrected chi connectivity index (χ2v) is 5.51. The molecule has 2 aromatic rings. The molecule has 102 valence electrons. The average molecular weight is 262 g/mol. The largest absolute Gasteiger partial charge is 0.304 e. The number of nitrogens with zero attached hydrogens (tertiary/aromatic N) is 4. The molecule has 0 aromatic carbocycles. The van der Waals surface area contributed by atoms with Gasteiger partial charge in [-0.1, -0.05) is 20.8 Å². The van der Waals surface area contributed by atoms with Crippen LogP contribution in [0.3, 0.4) is 0 Å². The minimum Gasteiger partial charge on any atom is -0.304 e. The van der Waals surface area contributed by atoms with E-state index in [0.717, 1.165) is 5.69 Å². The molecule has 0 unspecified atom stereocenters. The Kier molecular flexibility index (Phi) is 3.13. The molecule has 0 bridgehead atoms. The van der Waals surface area contributed by atoms with Crippen LogP contribution >= 0.6 is 0 Å². The van der Waals surface area contributed by atoms with Gasteiger partial charge in [0, 0.05) is 18.5 Å². The number of carbonyl (C=O) groups excluding carboxylic acids is 1. The molecule has 2 rings (SSSR count). The molecule has 2 aromatic heterocycles. The van der Waals surface area contributed by atoms with E-state index in [9.17, 15) is 4.79 Å². The quantitative estimate of drug-likeness (QED) is 0.856. The molecule has 0 atom stereocenters. The van der Waals surface area contributed by atoms with E-state index in [4.69, 9.17) is 0 Å². The van der Waals surface area contributed by atoms with Gasteiger partial charge >= 0.3 is 0 Å². The summed E-state index contributed by atoms with van der Waals surface area (Å²) >= 11 is 0. The summed E-state index contributed by atoms with van der Waals surface area (Å²) in [4.78, 5) is 16.2.